The molecule has 0 saturated carbocycles. The fourth-order valence-corrected chi connectivity index (χ4v) is 2.82. The second-order valence-electron chi connectivity index (χ2n) is 5.59. The molecule has 1 aliphatic heterocycles. The maximum atomic E-state index is 14.3. The maximum Gasteiger partial charge on any atom is 0.146 e. The van der Waals surface area contributed by atoms with Crippen molar-refractivity contribution in [3.05, 3.63) is 29.6 Å². The summed E-state index contributed by atoms with van der Waals surface area (Å²) in [6.07, 6.45) is 1.35. The molecule has 0 aliphatic carbocycles. The molecule has 1 saturated heterocycles. The Morgan fingerprint density at radius 2 is 2.00 bits per heavy atom. The molecular weight excluding hydrogens is 255 g/mol. The van der Waals surface area contributed by atoms with Gasteiger partial charge in [0.25, 0.3) is 0 Å². The van der Waals surface area contributed by atoms with Gasteiger partial charge in [0.05, 0.1) is 17.9 Å². The van der Waals surface area contributed by atoms with Gasteiger partial charge in [-0.05, 0) is 38.4 Å². The predicted molar refractivity (Wildman–Crippen MR) is 80.6 cm³/mol. The third-order valence-corrected chi connectivity index (χ3v) is 3.55. The zero-order valence-electron chi connectivity index (χ0n) is 12.7. The highest BCUT2D eigenvalue weighted by Gasteiger charge is 2.25. The van der Waals surface area contributed by atoms with E-state index in [0.29, 0.717) is 6.54 Å². The molecule has 0 bridgehead atoms. The van der Waals surface area contributed by atoms with Crippen LogP contribution in [0.1, 0.15) is 32.8 Å². The van der Waals surface area contributed by atoms with Crippen molar-refractivity contribution in [2.24, 2.45) is 0 Å². The molecule has 0 unspecified atom stereocenters. The van der Waals surface area contributed by atoms with Crippen LogP contribution in [0.4, 0.5) is 10.1 Å². The zero-order chi connectivity index (χ0) is 14.5. The van der Waals surface area contributed by atoms with Crippen LogP contribution in [0.15, 0.2) is 18.2 Å². The van der Waals surface area contributed by atoms with Crippen LogP contribution in [0.25, 0.3) is 0 Å². The average molecular weight is 280 g/mol. The van der Waals surface area contributed by atoms with E-state index >= 15 is 0 Å². The summed E-state index contributed by atoms with van der Waals surface area (Å²) in [6, 6.07) is 5.34. The molecule has 0 spiro atoms. The van der Waals surface area contributed by atoms with Gasteiger partial charge in [-0.25, -0.2) is 4.39 Å². The lowest BCUT2D eigenvalue weighted by Crippen LogP contribution is -2.46. The summed E-state index contributed by atoms with van der Waals surface area (Å²) >= 11 is 0. The van der Waals surface area contributed by atoms with E-state index in [9.17, 15) is 4.39 Å². The lowest BCUT2D eigenvalue weighted by molar-refractivity contribution is -0.00544. The lowest BCUT2D eigenvalue weighted by Gasteiger charge is -2.38. The number of nitrogens with zero attached hydrogens (tertiary/aromatic N) is 1. The lowest BCUT2D eigenvalue weighted by atomic mass is 10.1. The van der Waals surface area contributed by atoms with E-state index in [-0.39, 0.29) is 18.0 Å². The van der Waals surface area contributed by atoms with E-state index < -0.39 is 0 Å². The van der Waals surface area contributed by atoms with E-state index in [2.05, 4.69) is 17.1 Å². The number of anilines is 1. The summed E-state index contributed by atoms with van der Waals surface area (Å²) in [5, 5.41) is 3.36. The highest BCUT2D eigenvalue weighted by atomic mass is 19.1. The fourth-order valence-electron chi connectivity index (χ4n) is 2.82. The molecule has 3 nitrogen and oxygen atoms in total. The van der Waals surface area contributed by atoms with Crippen molar-refractivity contribution < 1.29 is 9.13 Å². The van der Waals surface area contributed by atoms with E-state index in [1.54, 1.807) is 12.1 Å². The van der Waals surface area contributed by atoms with Crippen molar-refractivity contribution in [3.63, 3.8) is 0 Å². The van der Waals surface area contributed by atoms with Gasteiger partial charge in [-0.15, -0.1) is 0 Å². The molecular formula is C16H25FN2O. The van der Waals surface area contributed by atoms with Gasteiger partial charge in [0.1, 0.15) is 5.82 Å². The molecule has 112 valence electrons. The molecule has 1 fully saturated rings. The minimum Gasteiger partial charge on any atom is -0.372 e. The van der Waals surface area contributed by atoms with Crippen molar-refractivity contribution in [1.82, 2.24) is 5.32 Å². The van der Waals surface area contributed by atoms with Gasteiger partial charge in [-0.2, -0.15) is 0 Å². The van der Waals surface area contributed by atoms with Gasteiger partial charge in [-0.3, -0.25) is 0 Å². The second kappa shape index (κ2) is 7.04. The Balaban J connectivity index is 2.20. The van der Waals surface area contributed by atoms with Crippen molar-refractivity contribution in [2.75, 3.05) is 24.5 Å². The van der Waals surface area contributed by atoms with Gasteiger partial charge >= 0.3 is 0 Å². The van der Waals surface area contributed by atoms with Gasteiger partial charge in [0.15, 0.2) is 0 Å². The molecule has 20 heavy (non-hydrogen) atoms. The van der Waals surface area contributed by atoms with Crippen molar-refractivity contribution in [2.45, 2.75) is 45.9 Å². The number of nitrogens with one attached hydrogen (secondary N) is 1. The number of ether oxygens (including phenoxy) is 1. The first-order chi connectivity index (χ1) is 9.61. The molecule has 1 aliphatic rings. The highest BCUT2D eigenvalue weighted by Crippen LogP contribution is 2.27. The number of para-hydroxylation sites is 1. The number of hydrogen-bond donors (Lipinski definition) is 1. The Kier molecular flexibility index (Phi) is 5.38. The van der Waals surface area contributed by atoms with Crippen LogP contribution < -0.4 is 10.2 Å². The fraction of sp³-hybridized carbons (Fsp3) is 0.625. The molecule has 1 N–H and O–H groups in total. The number of rotatable bonds is 5. The average Bonchev–Trinajstić information content (AvgIpc) is 2.38. The normalized spacial score (nSPS) is 23.1. The van der Waals surface area contributed by atoms with Crippen LogP contribution >= 0.6 is 0 Å². The Bertz CT molecular complexity index is 428. The quantitative estimate of drug-likeness (QED) is 0.839. The zero-order valence-corrected chi connectivity index (χ0v) is 12.7. The summed E-state index contributed by atoms with van der Waals surface area (Å²) in [7, 11) is 0. The standard InChI is InChI=1S/C16H25FN2O/c1-4-8-18-9-14-6-5-7-15(17)16(14)19-10-12(2)20-13(3)11-19/h5-7,12-13,18H,4,8-11H2,1-3H3/t12-,13+. The smallest absolute Gasteiger partial charge is 0.146 e. The molecule has 1 aromatic rings. The topological polar surface area (TPSA) is 24.5 Å². The predicted octanol–water partition coefficient (Wildman–Crippen LogP) is 2.94. The van der Waals surface area contributed by atoms with Gasteiger partial charge < -0.3 is 15.0 Å². The van der Waals surface area contributed by atoms with Crippen molar-refractivity contribution in [3.8, 4) is 0 Å². The molecule has 2 atom stereocenters. The Hall–Kier alpha value is -1.13. The van der Waals surface area contributed by atoms with Crippen LogP contribution in [0.5, 0.6) is 0 Å². The number of benzene rings is 1. The number of hydrogen-bond acceptors (Lipinski definition) is 3. The Morgan fingerprint density at radius 3 is 2.65 bits per heavy atom. The number of halogens is 1. The van der Waals surface area contributed by atoms with Crippen LogP contribution in [0.3, 0.4) is 0 Å². The summed E-state index contributed by atoms with van der Waals surface area (Å²) < 4.78 is 20.0. The summed E-state index contributed by atoms with van der Waals surface area (Å²) in [5.41, 5.74) is 1.76. The first kappa shape index (κ1) is 15.3. The molecule has 0 aromatic heterocycles. The Labute approximate surface area is 121 Å². The molecule has 2 rings (SSSR count). The maximum absolute atomic E-state index is 14.3. The van der Waals surface area contributed by atoms with Crippen molar-refractivity contribution in [1.29, 1.82) is 0 Å². The first-order valence-corrected chi connectivity index (χ1v) is 7.50. The van der Waals surface area contributed by atoms with Gasteiger partial charge in [0, 0.05) is 19.6 Å². The minimum absolute atomic E-state index is 0.134. The summed E-state index contributed by atoms with van der Waals surface area (Å²) in [4.78, 5) is 2.12. The van der Waals surface area contributed by atoms with Crippen molar-refractivity contribution >= 4 is 5.69 Å². The van der Waals surface area contributed by atoms with Crippen LogP contribution in [0, 0.1) is 5.82 Å². The van der Waals surface area contributed by atoms with Crippen LogP contribution in [-0.2, 0) is 11.3 Å². The van der Waals surface area contributed by atoms with E-state index in [4.69, 9.17) is 4.74 Å². The van der Waals surface area contributed by atoms with Crippen LogP contribution in [0.2, 0.25) is 0 Å². The molecule has 1 aromatic carbocycles. The van der Waals surface area contributed by atoms with E-state index in [1.165, 1.54) is 0 Å². The van der Waals surface area contributed by atoms with Crippen LogP contribution in [-0.4, -0.2) is 31.8 Å². The third kappa shape index (κ3) is 3.70. The minimum atomic E-state index is -0.137. The molecule has 4 heteroatoms. The third-order valence-electron chi connectivity index (χ3n) is 3.55. The van der Waals surface area contributed by atoms with E-state index in [0.717, 1.165) is 37.3 Å². The molecule has 0 amide bonds. The first-order valence-electron chi connectivity index (χ1n) is 7.50. The van der Waals surface area contributed by atoms with Gasteiger partial charge in [0.2, 0.25) is 0 Å². The number of morpholine rings is 1. The summed E-state index contributed by atoms with van der Waals surface area (Å²) in [6.45, 7) is 9.35. The largest absolute Gasteiger partial charge is 0.372 e. The molecule has 0 radical (unpaired) electrons. The molecule has 1 heterocycles. The van der Waals surface area contributed by atoms with Gasteiger partial charge in [-0.1, -0.05) is 19.1 Å². The monoisotopic (exact) mass is 280 g/mol. The van der Waals surface area contributed by atoms with E-state index in [1.807, 2.05) is 19.9 Å². The second-order valence-corrected chi connectivity index (χ2v) is 5.59. The highest BCUT2D eigenvalue weighted by molar-refractivity contribution is 5.55. The SMILES string of the molecule is CCCNCc1cccc(F)c1N1C[C@@H](C)O[C@@H](C)C1. The summed E-state index contributed by atoms with van der Waals surface area (Å²) in [5.74, 6) is -0.137. The Morgan fingerprint density at radius 1 is 1.30 bits per heavy atom.